The summed E-state index contributed by atoms with van der Waals surface area (Å²) in [7, 11) is 0. The Kier molecular flexibility index (Phi) is 8.14. The van der Waals surface area contributed by atoms with Crippen molar-refractivity contribution >= 4 is 29.3 Å². The Morgan fingerprint density at radius 2 is 1.52 bits per heavy atom. The van der Waals surface area contributed by atoms with Gasteiger partial charge in [-0.2, -0.15) is 0 Å². The minimum atomic E-state index is -0.0970. The molecule has 0 saturated carbocycles. The van der Waals surface area contributed by atoms with Gasteiger partial charge in [-0.05, 0) is 56.1 Å². The van der Waals surface area contributed by atoms with Gasteiger partial charge in [-0.1, -0.05) is 42.0 Å². The molecule has 0 bridgehead atoms. The van der Waals surface area contributed by atoms with E-state index in [0.717, 1.165) is 23.4 Å². The molecule has 29 heavy (non-hydrogen) atoms. The summed E-state index contributed by atoms with van der Waals surface area (Å²) in [6, 6.07) is 16.1. The number of anilines is 1. The second-order valence-corrected chi connectivity index (χ2v) is 8.47. The van der Waals surface area contributed by atoms with Crippen LogP contribution < -0.4 is 10.6 Å². The van der Waals surface area contributed by atoms with Crippen molar-refractivity contribution in [2.24, 2.45) is 0 Å². The van der Waals surface area contributed by atoms with Gasteiger partial charge in [-0.25, -0.2) is 0 Å². The molecule has 154 valence electrons. The first kappa shape index (κ1) is 21.4. The fourth-order valence-corrected chi connectivity index (χ4v) is 3.93. The zero-order chi connectivity index (χ0) is 20.5. The summed E-state index contributed by atoms with van der Waals surface area (Å²) in [5, 5.41) is 5.76. The predicted octanol–water partition coefficient (Wildman–Crippen LogP) is 3.58. The lowest BCUT2D eigenvalue weighted by Gasteiger charge is -2.14. The summed E-state index contributed by atoms with van der Waals surface area (Å²) in [6.45, 7) is 5.91. The molecule has 3 rings (SSSR count). The van der Waals surface area contributed by atoms with E-state index in [0.29, 0.717) is 6.54 Å². The maximum atomic E-state index is 12.0. The van der Waals surface area contributed by atoms with Gasteiger partial charge in [-0.15, -0.1) is 11.8 Å². The van der Waals surface area contributed by atoms with Crippen LogP contribution in [0.3, 0.4) is 0 Å². The lowest BCUT2D eigenvalue weighted by atomic mass is 10.1. The molecule has 1 heterocycles. The Morgan fingerprint density at radius 1 is 0.897 bits per heavy atom. The molecule has 0 atom stereocenters. The van der Waals surface area contributed by atoms with Crippen molar-refractivity contribution < 1.29 is 9.59 Å². The minimum absolute atomic E-state index is 0.0562. The Labute approximate surface area is 177 Å². The summed E-state index contributed by atoms with van der Waals surface area (Å²) in [4.78, 5) is 26.4. The Hall–Kier alpha value is -2.31. The normalized spacial score (nSPS) is 14.0. The molecular weight excluding hydrogens is 382 g/mol. The van der Waals surface area contributed by atoms with Crippen LogP contribution >= 0.6 is 11.8 Å². The summed E-state index contributed by atoms with van der Waals surface area (Å²) in [6.07, 6.45) is 2.60. The average Bonchev–Trinajstić information content (AvgIpc) is 3.22. The van der Waals surface area contributed by atoms with Crippen molar-refractivity contribution in [1.29, 1.82) is 0 Å². The van der Waals surface area contributed by atoms with Gasteiger partial charge >= 0.3 is 0 Å². The predicted molar refractivity (Wildman–Crippen MR) is 120 cm³/mol. The smallest absolute Gasteiger partial charge is 0.234 e. The first-order chi connectivity index (χ1) is 14.1. The number of aryl methyl sites for hydroxylation is 1. The minimum Gasteiger partial charge on any atom is -0.351 e. The number of likely N-dealkylation sites (tertiary alicyclic amines) is 1. The van der Waals surface area contributed by atoms with Gasteiger partial charge in [0, 0.05) is 18.8 Å². The van der Waals surface area contributed by atoms with E-state index >= 15 is 0 Å². The summed E-state index contributed by atoms with van der Waals surface area (Å²) in [5.74, 6) is 0.375. The van der Waals surface area contributed by atoms with Crippen molar-refractivity contribution in [3.8, 4) is 0 Å². The first-order valence-corrected chi connectivity index (χ1v) is 11.2. The third kappa shape index (κ3) is 7.55. The first-order valence-electron chi connectivity index (χ1n) is 10.1. The standard InChI is InChI=1S/C23H29N3O2S/c1-18-4-10-21(11-5-18)25-23(28)17-29-16-22(27)24-14-19-6-8-20(9-7-19)15-26-12-2-3-13-26/h4-11H,2-3,12-17H2,1H3,(H,24,27)(H,25,28). The highest BCUT2D eigenvalue weighted by atomic mass is 32.2. The molecule has 2 N–H and O–H groups in total. The molecule has 0 aromatic heterocycles. The third-order valence-corrected chi connectivity index (χ3v) is 5.85. The van der Waals surface area contributed by atoms with E-state index in [1.165, 1.54) is 43.3 Å². The number of carbonyl (C=O) groups excluding carboxylic acids is 2. The van der Waals surface area contributed by atoms with E-state index in [-0.39, 0.29) is 23.3 Å². The Bertz CT molecular complexity index is 800. The lowest BCUT2D eigenvalue weighted by Crippen LogP contribution is -2.25. The molecule has 0 radical (unpaired) electrons. The molecule has 2 amide bonds. The monoisotopic (exact) mass is 411 g/mol. The topological polar surface area (TPSA) is 61.4 Å². The molecule has 0 aliphatic carbocycles. The van der Waals surface area contributed by atoms with Gasteiger partial charge in [-0.3, -0.25) is 14.5 Å². The number of carbonyl (C=O) groups is 2. The van der Waals surface area contributed by atoms with Gasteiger partial charge in [0.05, 0.1) is 11.5 Å². The molecule has 5 nitrogen and oxygen atoms in total. The van der Waals surface area contributed by atoms with Crippen LogP contribution in [0.2, 0.25) is 0 Å². The van der Waals surface area contributed by atoms with Crippen LogP contribution in [0.25, 0.3) is 0 Å². The number of rotatable bonds is 9. The summed E-state index contributed by atoms with van der Waals surface area (Å²) < 4.78 is 0. The number of amides is 2. The Balaban J connectivity index is 1.31. The second-order valence-electron chi connectivity index (χ2n) is 7.48. The summed E-state index contributed by atoms with van der Waals surface area (Å²) >= 11 is 1.32. The molecule has 6 heteroatoms. The van der Waals surface area contributed by atoms with Crippen LogP contribution in [0.1, 0.15) is 29.5 Å². The molecule has 1 aliphatic heterocycles. The van der Waals surface area contributed by atoms with Crippen LogP contribution in [-0.4, -0.2) is 41.3 Å². The highest BCUT2D eigenvalue weighted by molar-refractivity contribution is 8.00. The van der Waals surface area contributed by atoms with Crippen LogP contribution in [0.5, 0.6) is 0 Å². The molecule has 0 unspecified atom stereocenters. The number of hydrogen-bond acceptors (Lipinski definition) is 4. The third-order valence-electron chi connectivity index (χ3n) is 4.92. The van der Waals surface area contributed by atoms with Gasteiger partial charge in [0.25, 0.3) is 0 Å². The number of benzene rings is 2. The average molecular weight is 412 g/mol. The van der Waals surface area contributed by atoms with E-state index in [9.17, 15) is 9.59 Å². The maximum Gasteiger partial charge on any atom is 0.234 e. The van der Waals surface area contributed by atoms with Gasteiger partial charge in [0.2, 0.25) is 11.8 Å². The number of nitrogens with one attached hydrogen (secondary N) is 2. The number of thioether (sulfide) groups is 1. The van der Waals surface area contributed by atoms with Crippen molar-refractivity contribution in [1.82, 2.24) is 10.2 Å². The van der Waals surface area contributed by atoms with Crippen LogP contribution in [-0.2, 0) is 22.7 Å². The van der Waals surface area contributed by atoms with E-state index < -0.39 is 0 Å². The summed E-state index contributed by atoms with van der Waals surface area (Å²) in [5.41, 5.74) is 4.33. The lowest BCUT2D eigenvalue weighted by molar-refractivity contribution is -0.118. The largest absolute Gasteiger partial charge is 0.351 e. The Morgan fingerprint density at radius 3 is 2.21 bits per heavy atom. The van der Waals surface area contributed by atoms with Crippen LogP contribution in [0.4, 0.5) is 5.69 Å². The molecule has 2 aromatic rings. The maximum absolute atomic E-state index is 12.0. The van der Waals surface area contributed by atoms with Gasteiger partial charge < -0.3 is 10.6 Å². The molecule has 1 fully saturated rings. The highest BCUT2D eigenvalue weighted by Crippen LogP contribution is 2.13. The fourth-order valence-electron chi connectivity index (χ4n) is 3.28. The van der Waals surface area contributed by atoms with E-state index in [2.05, 4.69) is 39.8 Å². The van der Waals surface area contributed by atoms with E-state index in [1.807, 2.05) is 31.2 Å². The van der Waals surface area contributed by atoms with Crippen LogP contribution in [0.15, 0.2) is 48.5 Å². The molecule has 0 spiro atoms. The second kappa shape index (κ2) is 11.0. The quantitative estimate of drug-likeness (QED) is 0.662. The van der Waals surface area contributed by atoms with Crippen molar-refractivity contribution in [2.75, 3.05) is 29.9 Å². The SMILES string of the molecule is Cc1ccc(NC(=O)CSCC(=O)NCc2ccc(CN3CCCC3)cc2)cc1. The van der Waals surface area contributed by atoms with Crippen LogP contribution in [0, 0.1) is 6.92 Å². The van der Waals surface area contributed by atoms with Crippen molar-refractivity contribution in [3.05, 3.63) is 65.2 Å². The van der Waals surface area contributed by atoms with Crippen molar-refractivity contribution in [2.45, 2.75) is 32.9 Å². The zero-order valence-electron chi connectivity index (χ0n) is 16.9. The fraction of sp³-hybridized carbons (Fsp3) is 0.391. The van der Waals surface area contributed by atoms with E-state index in [4.69, 9.17) is 0 Å². The van der Waals surface area contributed by atoms with Gasteiger partial charge in [0.1, 0.15) is 0 Å². The van der Waals surface area contributed by atoms with Gasteiger partial charge in [0.15, 0.2) is 0 Å². The van der Waals surface area contributed by atoms with E-state index in [1.54, 1.807) is 0 Å². The highest BCUT2D eigenvalue weighted by Gasteiger charge is 2.11. The molecule has 1 saturated heterocycles. The molecular formula is C23H29N3O2S. The van der Waals surface area contributed by atoms with Crippen molar-refractivity contribution in [3.63, 3.8) is 0 Å². The molecule has 2 aromatic carbocycles. The number of hydrogen-bond donors (Lipinski definition) is 2. The number of nitrogens with zero attached hydrogens (tertiary/aromatic N) is 1. The molecule has 1 aliphatic rings. The zero-order valence-corrected chi connectivity index (χ0v) is 17.8.